The Bertz CT molecular complexity index is 2680. The summed E-state index contributed by atoms with van der Waals surface area (Å²) in [7, 11) is 0. The van der Waals surface area contributed by atoms with Crippen LogP contribution in [0.25, 0.3) is 96.9 Å². The first-order valence-electron chi connectivity index (χ1n) is 14.5. The molecule has 0 aliphatic rings. The largest absolute Gasteiger partial charge is 0.464 e. The van der Waals surface area contributed by atoms with Crippen molar-refractivity contribution in [2.24, 2.45) is 0 Å². The number of furan rings is 2. The summed E-state index contributed by atoms with van der Waals surface area (Å²) in [6.45, 7) is 0. The molecule has 7 aromatic carbocycles. The van der Waals surface area contributed by atoms with E-state index in [1.807, 2.05) is 17.4 Å². The molecule has 3 heteroatoms. The first-order valence-corrected chi connectivity index (χ1v) is 15.3. The minimum atomic E-state index is 0.875. The number of thiophene rings is 1. The highest BCUT2D eigenvalue weighted by molar-refractivity contribution is 7.25. The van der Waals surface area contributed by atoms with Gasteiger partial charge in [-0.05, 0) is 92.3 Å². The lowest BCUT2D eigenvalue weighted by atomic mass is 9.85. The van der Waals surface area contributed by atoms with Crippen molar-refractivity contribution in [3.8, 4) is 22.3 Å². The molecular formula is C40H22O2S. The van der Waals surface area contributed by atoms with Crippen molar-refractivity contribution in [2.75, 3.05) is 0 Å². The van der Waals surface area contributed by atoms with Crippen LogP contribution in [-0.2, 0) is 0 Å². The summed E-state index contributed by atoms with van der Waals surface area (Å²) >= 11 is 1.86. The zero-order valence-electron chi connectivity index (χ0n) is 22.9. The van der Waals surface area contributed by atoms with Crippen LogP contribution in [0.4, 0.5) is 0 Å². The molecule has 3 aromatic heterocycles. The van der Waals surface area contributed by atoms with Crippen LogP contribution in [-0.4, -0.2) is 0 Å². The van der Waals surface area contributed by atoms with Crippen molar-refractivity contribution < 1.29 is 8.83 Å². The highest BCUT2D eigenvalue weighted by atomic mass is 32.1. The third-order valence-electron chi connectivity index (χ3n) is 8.93. The maximum atomic E-state index is 6.44. The Hall–Kier alpha value is -5.38. The van der Waals surface area contributed by atoms with Crippen molar-refractivity contribution in [3.63, 3.8) is 0 Å². The summed E-state index contributed by atoms with van der Waals surface area (Å²) < 4.78 is 14.8. The van der Waals surface area contributed by atoms with Gasteiger partial charge in [-0.15, -0.1) is 11.3 Å². The molecule has 0 saturated heterocycles. The predicted molar refractivity (Wildman–Crippen MR) is 182 cm³/mol. The molecule has 10 rings (SSSR count). The van der Waals surface area contributed by atoms with Crippen molar-refractivity contribution in [1.29, 1.82) is 0 Å². The van der Waals surface area contributed by atoms with Crippen LogP contribution >= 0.6 is 11.3 Å². The average Bonchev–Trinajstić information content (AvgIpc) is 3.76. The monoisotopic (exact) mass is 566 g/mol. The number of hydrogen-bond acceptors (Lipinski definition) is 3. The first-order chi connectivity index (χ1) is 21.3. The molecule has 0 saturated carbocycles. The lowest BCUT2D eigenvalue weighted by Gasteiger charge is -2.18. The zero-order valence-corrected chi connectivity index (χ0v) is 23.7. The van der Waals surface area contributed by atoms with E-state index in [2.05, 4.69) is 121 Å². The highest BCUT2D eigenvalue weighted by Gasteiger charge is 2.19. The van der Waals surface area contributed by atoms with Gasteiger partial charge in [0.05, 0.1) is 6.26 Å². The Morgan fingerprint density at radius 2 is 1.00 bits per heavy atom. The van der Waals surface area contributed by atoms with E-state index in [1.165, 1.54) is 58.4 Å². The second kappa shape index (κ2) is 8.57. The zero-order chi connectivity index (χ0) is 28.1. The summed E-state index contributed by atoms with van der Waals surface area (Å²) in [5, 5.41) is 10.8. The van der Waals surface area contributed by atoms with Gasteiger partial charge in [-0.2, -0.15) is 0 Å². The van der Waals surface area contributed by atoms with Gasteiger partial charge < -0.3 is 8.83 Å². The molecule has 0 spiro atoms. The molecule has 0 bridgehead atoms. The van der Waals surface area contributed by atoms with E-state index < -0.39 is 0 Å². The van der Waals surface area contributed by atoms with Crippen LogP contribution in [0.3, 0.4) is 0 Å². The average molecular weight is 567 g/mol. The van der Waals surface area contributed by atoms with Gasteiger partial charge in [0.15, 0.2) is 0 Å². The molecule has 0 aliphatic carbocycles. The number of benzene rings is 7. The summed E-state index contributed by atoms with van der Waals surface area (Å²) in [6.07, 6.45) is 1.73. The second-order valence-corrected chi connectivity index (χ2v) is 12.4. The molecule has 0 N–H and O–H groups in total. The Kier molecular flexibility index (Phi) is 4.63. The molecule has 0 aliphatic heterocycles. The van der Waals surface area contributed by atoms with Crippen LogP contribution in [0.1, 0.15) is 0 Å². The lowest BCUT2D eigenvalue weighted by Crippen LogP contribution is -1.90. The van der Waals surface area contributed by atoms with E-state index >= 15 is 0 Å². The molecule has 10 aromatic rings. The summed E-state index contributed by atoms with van der Waals surface area (Å²) in [6, 6.07) is 46.1. The van der Waals surface area contributed by atoms with Crippen LogP contribution in [0.15, 0.2) is 142 Å². The Labute approximate surface area is 250 Å². The van der Waals surface area contributed by atoms with Gasteiger partial charge >= 0.3 is 0 Å². The molecular weight excluding hydrogens is 545 g/mol. The second-order valence-electron chi connectivity index (χ2n) is 11.3. The van der Waals surface area contributed by atoms with Crippen molar-refractivity contribution in [2.45, 2.75) is 0 Å². The highest BCUT2D eigenvalue weighted by Crippen LogP contribution is 2.46. The van der Waals surface area contributed by atoms with Gasteiger partial charge in [0.1, 0.15) is 16.7 Å². The SMILES string of the molecule is c1ccc2c(c1)sc1ccc(-c3c4ccccc4c(-c4ccc5c(c4)oc4cc6ccoc6cc45)c4ccccc34)cc12. The molecule has 2 nitrogen and oxygen atoms in total. The maximum Gasteiger partial charge on any atom is 0.136 e. The molecule has 200 valence electrons. The van der Waals surface area contributed by atoms with Gasteiger partial charge in [-0.25, -0.2) is 0 Å². The molecule has 0 radical (unpaired) electrons. The number of rotatable bonds is 2. The van der Waals surface area contributed by atoms with E-state index in [4.69, 9.17) is 8.83 Å². The van der Waals surface area contributed by atoms with Gasteiger partial charge in [-0.1, -0.05) is 78.9 Å². The Balaban J connectivity index is 1.26. The molecule has 0 unspecified atom stereocenters. The summed E-state index contributed by atoms with van der Waals surface area (Å²) in [5.74, 6) is 0. The molecule has 0 fully saturated rings. The van der Waals surface area contributed by atoms with Gasteiger partial charge in [0, 0.05) is 36.3 Å². The third kappa shape index (κ3) is 3.28. The number of hydrogen-bond donors (Lipinski definition) is 0. The topological polar surface area (TPSA) is 26.3 Å². The minimum absolute atomic E-state index is 0.875. The van der Waals surface area contributed by atoms with E-state index in [0.717, 1.165) is 38.5 Å². The first kappa shape index (κ1) is 23.2. The van der Waals surface area contributed by atoms with Crippen molar-refractivity contribution >= 4 is 86.0 Å². The van der Waals surface area contributed by atoms with Crippen LogP contribution in [0.2, 0.25) is 0 Å². The molecule has 3 heterocycles. The third-order valence-corrected chi connectivity index (χ3v) is 10.1. The Morgan fingerprint density at radius 1 is 0.395 bits per heavy atom. The minimum Gasteiger partial charge on any atom is -0.464 e. The fourth-order valence-corrected chi connectivity index (χ4v) is 8.11. The lowest BCUT2D eigenvalue weighted by molar-refractivity contribution is 0.616. The van der Waals surface area contributed by atoms with E-state index in [1.54, 1.807) is 6.26 Å². The van der Waals surface area contributed by atoms with Crippen LogP contribution < -0.4 is 0 Å². The summed E-state index contributed by atoms with van der Waals surface area (Å²) in [4.78, 5) is 0. The fourth-order valence-electron chi connectivity index (χ4n) is 7.02. The van der Waals surface area contributed by atoms with Gasteiger partial charge in [0.2, 0.25) is 0 Å². The van der Waals surface area contributed by atoms with Crippen molar-refractivity contribution in [1.82, 2.24) is 0 Å². The Morgan fingerprint density at radius 3 is 1.74 bits per heavy atom. The quantitative estimate of drug-likeness (QED) is 0.195. The van der Waals surface area contributed by atoms with E-state index in [9.17, 15) is 0 Å². The predicted octanol–water partition coefficient (Wildman–Crippen LogP) is 12.3. The summed E-state index contributed by atoms with van der Waals surface area (Å²) in [5.41, 5.74) is 7.53. The van der Waals surface area contributed by atoms with Crippen LogP contribution in [0.5, 0.6) is 0 Å². The van der Waals surface area contributed by atoms with Crippen LogP contribution in [0, 0.1) is 0 Å². The molecule has 0 atom stereocenters. The standard InChI is InChI=1S/C40H22O2S/c1-3-10-30-28(8-1)39(24-14-16-38-33(19-24)27-7-5-6-12-37(27)43-38)29-9-2-4-11-31(29)40(30)25-13-15-26-32-22-34-23(17-18-41-34)20-36(32)42-35(26)21-25/h1-22H. The van der Waals surface area contributed by atoms with Crippen molar-refractivity contribution in [3.05, 3.63) is 134 Å². The normalized spacial score (nSPS) is 12.2. The van der Waals surface area contributed by atoms with E-state index in [0.29, 0.717) is 0 Å². The molecule has 43 heavy (non-hydrogen) atoms. The smallest absolute Gasteiger partial charge is 0.136 e. The fraction of sp³-hybridized carbons (Fsp3) is 0. The molecule has 0 amide bonds. The van der Waals surface area contributed by atoms with E-state index in [-0.39, 0.29) is 0 Å². The van der Waals surface area contributed by atoms with Gasteiger partial charge in [0.25, 0.3) is 0 Å². The number of fused-ring (bicyclic) bond motifs is 9. The maximum absolute atomic E-state index is 6.44. The van der Waals surface area contributed by atoms with Gasteiger partial charge in [-0.3, -0.25) is 0 Å².